The second-order valence-corrected chi connectivity index (χ2v) is 43.6. The summed E-state index contributed by atoms with van der Waals surface area (Å²) in [5, 5.41) is 0. The molecule has 0 fully saturated rings. The van der Waals surface area contributed by atoms with Gasteiger partial charge in [0, 0.05) is 0 Å². The summed E-state index contributed by atoms with van der Waals surface area (Å²) >= 11 is 53.0. The molecule has 0 radical (unpaired) electrons. The minimum Gasteiger partial charge on any atom is -0.146 e. The fourth-order valence-corrected chi connectivity index (χ4v) is 9.81. The van der Waals surface area contributed by atoms with E-state index < -0.39 is 26.8 Å². The highest BCUT2D eigenvalue weighted by atomic mass is 35.7. The van der Waals surface area contributed by atoms with Gasteiger partial charge in [0.1, 0.15) is 0 Å². The van der Waals surface area contributed by atoms with Gasteiger partial charge in [-0.1, -0.05) is 26.7 Å². The van der Waals surface area contributed by atoms with Crippen LogP contribution < -0.4 is 0 Å². The van der Waals surface area contributed by atoms with Gasteiger partial charge in [0.25, 0.3) is 0 Å². The maximum absolute atomic E-state index is 6.63. The van der Waals surface area contributed by atoms with Gasteiger partial charge in [0.2, 0.25) is 26.8 Å². The quantitative estimate of drug-likeness (QED) is 0.118. The summed E-state index contributed by atoms with van der Waals surface area (Å²) in [5.74, 6) is 0. The van der Waals surface area contributed by atoms with Crippen molar-refractivity contribution in [3.05, 3.63) is 33.4 Å². The SMILES string of the molecule is CCCc1c(CCC)c(CC[Si](C)(Cl)Cl)c(CC[Si](C)(Cl)Cl)c(CC[Si](C)(Cl)Cl)c1CC[Si](C)(Cl)Cl. The molecular weight excluding hydrogens is 684 g/mol. The van der Waals surface area contributed by atoms with Crippen LogP contribution in [0.1, 0.15) is 60.1 Å². The summed E-state index contributed by atoms with van der Waals surface area (Å²) < 4.78 is 0. The summed E-state index contributed by atoms with van der Waals surface area (Å²) in [6.45, 7) is 3.29. The molecule has 0 heterocycles. The molecule has 0 aliphatic heterocycles. The smallest absolute Gasteiger partial charge is 0.146 e. The van der Waals surface area contributed by atoms with Gasteiger partial charge in [-0.25, -0.2) is 0 Å². The summed E-state index contributed by atoms with van der Waals surface area (Å²) in [7, 11) is 0. The van der Waals surface area contributed by atoms with Gasteiger partial charge < -0.3 is 0 Å². The molecule has 0 unspecified atom stereocenters. The van der Waals surface area contributed by atoms with Crippen molar-refractivity contribution in [3.63, 3.8) is 0 Å². The van der Waals surface area contributed by atoms with E-state index in [2.05, 4.69) is 13.8 Å². The zero-order chi connectivity index (χ0) is 27.9. The molecule has 0 bridgehead atoms. The van der Waals surface area contributed by atoms with E-state index in [9.17, 15) is 0 Å². The lowest BCUT2D eigenvalue weighted by molar-refractivity contribution is 0.804. The molecule has 0 amide bonds. The molecule has 1 aromatic rings. The molecule has 0 aliphatic carbocycles. The summed E-state index contributed by atoms with van der Waals surface area (Å²) in [5.41, 5.74) is 8.51. The lowest BCUT2D eigenvalue weighted by Crippen LogP contribution is -2.23. The van der Waals surface area contributed by atoms with E-state index in [1.165, 1.54) is 33.4 Å². The van der Waals surface area contributed by atoms with Gasteiger partial charge >= 0.3 is 0 Å². The minimum atomic E-state index is -2.31. The zero-order valence-corrected chi connectivity index (χ0v) is 32.6. The van der Waals surface area contributed by atoms with Crippen molar-refractivity contribution in [2.45, 2.75) is 116 Å². The molecule has 0 N–H and O–H groups in total. The molecule has 1 aromatic carbocycles. The molecule has 12 heteroatoms. The molecule has 0 nitrogen and oxygen atoms in total. The number of rotatable bonds is 16. The molecule has 0 saturated heterocycles. The third-order valence-corrected chi connectivity index (χ3v) is 15.5. The third-order valence-electron chi connectivity index (χ3n) is 6.44. The van der Waals surface area contributed by atoms with Gasteiger partial charge in [0.05, 0.1) is 0 Å². The predicted molar refractivity (Wildman–Crippen MR) is 182 cm³/mol. The Kier molecular flexibility index (Phi) is 15.8. The number of hydrogen-bond donors (Lipinski definition) is 0. The van der Waals surface area contributed by atoms with Crippen LogP contribution in [0.15, 0.2) is 0 Å². The number of benzene rings is 1. The van der Waals surface area contributed by atoms with E-state index in [4.69, 9.17) is 88.6 Å². The van der Waals surface area contributed by atoms with Gasteiger partial charge in [0.15, 0.2) is 0 Å². The molecule has 0 atom stereocenters. The van der Waals surface area contributed by atoms with Crippen LogP contribution in [0.2, 0.25) is 50.4 Å². The molecule has 36 heavy (non-hydrogen) atoms. The third kappa shape index (κ3) is 14.3. The predicted octanol–water partition coefficient (Wildman–Crippen LogP) is 12.0. The van der Waals surface area contributed by atoms with E-state index in [0.29, 0.717) is 0 Å². The van der Waals surface area contributed by atoms with Crippen LogP contribution in [-0.2, 0) is 38.5 Å². The van der Waals surface area contributed by atoms with E-state index in [1.54, 1.807) is 0 Å². The van der Waals surface area contributed by atoms with Crippen LogP contribution in [0.4, 0.5) is 0 Å². The molecule has 0 aromatic heterocycles. The lowest BCUT2D eigenvalue weighted by Gasteiger charge is -2.29. The van der Waals surface area contributed by atoms with E-state index >= 15 is 0 Å². The number of halogens is 8. The van der Waals surface area contributed by atoms with Crippen LogP contribution in [-0.4, -0.2) is 26.8 Å². The zero-order valence-electron chi connectivity index (χ0n) is 22.5. The Morgan fingerprint density at radius 1 is 0.361 bits per heavy atom. The average molecular weight is 727 g/mol. The standard InChI is InChI=1S/C24H42Cl8Si4/c1-7-9-19-20(10-8-2)22(12-16-34(4,27)28)24(14-18-36(6,31)32)23(13-17-35(5,29)30)21(19)11-15-33(3,25)26/h7-18H2,1-6H3. The molecule has 210 valence electrons. The highest BCUT2D eigenvalue weighted by molar-refractivity contribution is 7.46. The molecule has 1 rings (SSSR count). The Morgan fingerprint density at radius 2 is 0.528 bits per heavy atom. The van der Waals surface area contributed by atoms with E-state index in [0.717, 1.165) is 75.5 Å². The van der Waals surface area contributed by atoms with Crippen LogP contribution in [0, 0.1) is 0 Å². The highest BCUT2D eigenvalue weighted by Gasteiger charge is 2.31. The topological polar surface area (TPSA) is 0 Å². The average Bonchev–Trinajstić information content (AvgIpc) is 2.67. The lowest BCUT2D eigenvalue weighted by atomic mass is 9.80. The van der Waals surface area contributed by atoms with Crippen LogP contribution >= 0.6 is 88.6 Å². The van der Waals surface area contributed by atoms with Gasteiger partial charge in [-0.3, -0.25) is 0 Å². The highest BCUT2D eigenvalue weighted by Crippen LogP contribution is 2.39. The molecule has 0 aliphatic rings. The monoisotopic (exact) mass is 722 g/mol. The second-order valence-electron chi connectivity index (χ2n) is 10.7. The van der Waals surface area contributed by atoms with E-state index in [1.807, 2.05) is 26.2 Å². The maximum atomic E-state index is 6.63. The van der Waals surface area contributed by atoms with Gasteiger partial charge in [-0.2, -0.15) is 0 Å². The molecule has 0 saturated carbocycles. The van der Waals surface area contributed by atoms with E-state index in [-0.39, 0.29) is 0 Å². The van der Waals surface area contributed by atoms with Crippen LogP contribution in [0.5, 0.6) is 0 Å². The first-order valence-corrected chi connectivity index (χ1v) is 31.9. The normalized spacial score (nSPS) is 13.5. The Hall–Kier alpha value is 2.41. The Balaban J connectivity index is 3.99. The Bertz CT molecular complexity index is 768. The number of hydrogen-bond acceptors (Lipinski definition) is 0. The van der Waals surface area contributed by atoms with Crippen molar-refractivity contribution in [2.75, 3.05) is 0 Å². The molecule has 0 spiro atoms. The van der Waals surface area contributed by atoms with Crippen molar-refractivity contribution < 1.29 is 0 Å². The Labute approximate surface area is 262 Å². The maximum Gasteiger partial charge on any atom is 0.248 e. The Morgan fingerprint density at radius 3 is 0.667 bits per heavy atom. The largest absolute Gasteiger partial charge is 0.248 e. The van der Waals surface area contributed by atoms with Crippen LogP contribution in [0.25, 0.3) is 0 Å². The molecular formula is C24H42Cl8Si4. The van der Waals surface area contributed by atoms with Crippen molar-refractivity contribution in [1.82, 2.24) is 0 Å². The second kappa shape index (κ2) is 15.6. The van der Waals surface area contributed by atoms with Gasteiger partial charge in [-0.15, -0.1) is 88.6 Å². The van der Waals surface area contributed by atoms with Crippen LogP contribution in [0.3, 0.4) is 0 Å². The van der Waals surface area contributed by atoms with Crippen molar-refractivity contribution in [2.24, 2.45) is 0 Å². The first kappa shape index (κ1) is 36.4. The van der Waals surface area contributed by atoms with Crippen molar-refractivity contribution in [1.29, 1.82) is 0 Å². The fraction of sp³-hybridized carbons (Fsp3) is 0.750. The summed E-state index contributed by atoms with van der Waals surface area (Å²) in [4.78, 5) is 0. The first-order valence-electron chi connectivity index (χ1n) is 13.0. The summed E-state index contributed by atoms with van der Waals surface area (Å²) in [6.07, 6.45) is 7.64. The summed E-state index contributed by atoms with van der Waals surface area (Å²) in [6, 6.07) is 3.20. The minimum absolute atomic E-state index is 0.790. The van der Waals surface area contributed by atoms with Crippen molar-refractivity contribution >= 4 is 115 Å². The first-order chi connectivity index (χ1) is 16.3. The van der Waals surface area contributed by atoms with Gasteiger partial charge in [-0.05, 0) is 122 Å². The van der Waals surface area contributed by atoms with Crippen molar-refractivity contribution in [3.8, 4) is 0 Å². The fourth-order valence-electron chi connectivity index (χ4n) is 4.78.